The molecule has 0 aliphatic carbocycles. The first-order valence-corrected chi connectivity index (χ1v) is 6.82. The van der Waals surface area contributed by atoms with E-state index < -0.39 is 6.17 Å². The van der Waals surface area contributed by atoms with E-state index in [9.17, 15) is 4.79 Å². The van der Waals surface area contributed by atoms with Gasteiger partial charge in [-0.05, 0) is 25.9 Å². The van der Waals surface area contributed by atoms with E-state index in [1.54, 1.807) is 0 Å². The first-order chi connectivity index (χ1) is 9.34. The van der Waals surface area contributed by atoms with Crippen LogP contribution in [0.1, 0.15) is 23.2 Å². The topological polar surface area (TPSA) is 62.4 Å². The van der Waals surface area contributed by atoms with Crippen LogP contribution in [-0.4, -0.2) is 31.3 Å². The van der Waals surface area contributed by atoms with Crippen molar-refractivity contribution >= 4 is 5.78 Å². The van der Waals surface area contributed by atoms with E-state index >= 15 is 0 Å². The molecule has 3 N–H and O–H groups in total. The number of Topliss-reactive ketones (excluding diaryl/α,β-unsaturated/α-hetero) is 1. The SMILES string of the molecule is O=C(c1ccccc1)C1NOC(C2CCNCC2)N1. The number of piperidine rings is 1. The van der Waals surface area contributed by atoms with Crippen LogP contribution >= 0.6 is 0 Å². The van der Waals surface area contributed by atoms with Crippen LogP contribution in [0.2, 0.25) is 0 Å². The number of rotatable bonds is 3. The monoisotopic (exact) mass is 261 g/mol. The quantitative estimate of drug-likeness (QED) is 0.697. The van der Waals surface area contributed by atoms with Crippen molar-refractivity contribution in [1.29, 1.82) is 0 Å². The van der Waals surface area contributed by atoms with Crippen molar-refractivity contribution in [2.45, 2.75) is 25.2 Å². The summed E-state index contributed by atoms with van der Waals surface area (Å²) in [7, 11) is 0. The first-order valence-electron chi connectivity index (χ1n) is 6.82. The van der Waals surface area contributed by atoms with Gasteiger partial charge in [0.2, 0.25) is 0 Å². The van der Waals surface area contributed by atoms with E-state index in [0.717, 1.165) is 25.9 Å². The lowest BCUT2D eigenvalue weighted by molar-refractivity contribution is -0.0175. The van der Waals surface area contributed by atoms with Crippen molar-refractivity contribution in [2.24, 2.45) is 5.92 Å². The second kappa shape index (κ2) is 5.79. The van der Waals surface area contributed by atoms with Crippen molar-refractivity contribution < 1.29 is 9.63 Å². The summed E-state index contributed by atoms with van der Waals surface area (Å²) in [6.45, 7) is 2.03. The van der Waals surface area contributed by atoms with Crippen LogP contribution < -0.4 is 16.1 Å². The molecule has 2 aliphatic heterocycles. The molecule has 2 fully saturated rings. The first kappa shape index (κ1) is 12.7. The molecular formula is C14H19N3O2. The highest BCUT2D eigenvalue weighted by Gasteiger charge is 2.35. The van der Waals surface area contributed by atoms with Crippen LogP contribution in [0, 0.1) is 5.92 Å². The van der Waals surface area contributed by atoms with Crippen LogP contribution in [0.4, 0.5) is 0 Å². The van der Waals surface area contributed by atoms with Gasteiger partial charge in [0.1, 0.15) is 12.4 Å². The second-order valence-electron chi connectivity index (χ2n) is 5.07. The fraction of sp³-hybridized carbons (Fsp3) is 0.500. The molecule has 2 heterocycles. The zero-order valence-electron chi connectivity index (χ0n) is 10.8. The Kier molecular flexibility index (Phi) is 3.89. The molecule has 1 aromatic rings. The fourth-order valence-electron chi connectivity index (χ4n) is 2.65. The summed E-state index contributed by atoms with van der Waals surface area (Å²) >= 11 is 0. The lowest BCUT2D eigenvalue weighted by atomic mass is 9.96. The smallest absolute Gasteiger partial charge is 0.196 e. The van der Waals surface area contributed by atoms with Gasteiger partial charge in [0.15, 0.2) is 5.78 Å². The van der Waals surface area contributed by atoms with Gasteiger partial charge in [0.25, 0.3) is 0 Å². The normalized spacial score (nSPS) is 28.4. The molecule has 2 unspecified atom stereocenters. The molecule has 1 aromatic carbocycles. The second-order valence-corrected chi connectivity index (χ2v) is 5.07. The minimum Gasteiger partial charge on any atom is -0.317 e. The Morgan fingerprint density at radius 3 is 2.63 bits per heavy atom. The molecule has 19 heavy (non-hydrogen) atoms. The van der Waals surface area contributed by atoms with Gasteiger partial charge >= 0.3 is 0 Å². The number of ketones is 1. The van der Waals surface area contributed by atoms with Gasteiger partial charge in [-0.15, -0.1) is 0 Å². The third-order valence-corrected chi connectivity index (χ3v) is 3.78. The van der Waals surface area contributed by atoms with E-state index in [-0.39, 0.29) is 12.0 Å². The Balaban J connectivity index is 1.61. The third-order valence-electron chi connectivity index (χ3n) is 3.78. The van der Waals surface area contributed by atoms with Crippen molar-refractivity contribution in [1.82, 2.24) is 16.1 Å². The Hall–Kier alpha value is -1.27. The van der Waals surface area contributed by atoms with Crippen LogP contribution in [0.15, 0.2) is 30.3 Å². The van der Waals surface area contributed by atoms with Gasteiger partial charge < -0.3 is 5.32 Å². The summed E-state index contributed by atoms with van der Waals surface area (Å²) in [5.74, 6) is 0.486. The molecule has 0 spiro atoms. The number of benzene rings is 1. The predicted molar refractivity (Wildman–Crippen MR) is 71.3 cm³/mol. The average molecular weight is 261 g/mol. The number of hydroxylamine groups is 1. The standard InChI is InChI=1S/C14H19N3O2/c18-12(10-4-2-1-3-5-10)13-16-14(19-17-13)11-6-8-15-9-7-11/h1-5,11,13-17H,6-9H2. The van der Waals surface area contributed by atoms with E-state index in [0.29, 0.717) is 11.5 Å². The van der Waals surface area contributed by atoms with Crippen molar-refractivity contribution in [2.75, 3.05) is 13.1 Å². The highest BCUT2D eigenvalue weighted by Crippen LogP contribution is 2.20. The molecule has 0 radical (unpaired) electrons. The Labute approximate surface area is 112 Å². The molecule has 2 atom stereocenters. The highest BCUT2D eigenvalue weighted by molar-refractivity contribution is 5.99. The van der Waals surface area contributed by atoms with Gasteiger partial charge in [0.05, 0.1) is 0 Å². The van der Waals surface area contributed by atoms with E-state index in [1.807, 2.05) is 30.3 Å². The average Bonchev–Trinajstić information content (AvgIpc) is 2.98. The molecule has 0 bridgehead atoms. The maximum absolute atomic E-state index is 12.3. The molecule has 0 aromatic heterocycles. The Morgan fingerprint density at radius 2 is 1.89 bits per heavy atom. The van der Waals surface area contributed by atoms with Gasteiger partial charge in [-0.3, -0.25) is 14.9 Å². The number of hydrogen-bond donors (Lipinski definition) is 3. The molecule has 5 nitrogen and oxygen atoms in total. The molecule has 2 aliphatic rings. The summed E-state index contributed by atoms with van der Waals surface area (Å²) < 4.78 is 0. The zero-order valence-corrected chi connectivity index (χ0v) is 10.8. The molecule has 0 amide bonds. The van der Waals surface area contributed by atoms with Crippen molar-refractivity contribution in [3.8, 4) is 0 Å². The van der Waals surface area contributed by atoms with Crippen molar-refractivity contribution in [3.63, 3.8) is 0 Å². The minimum absolute atomic E-state index is 0.0250. The molecule has 102 valence electrons. The molecule has 3 rings (SSSR count). The molecule has 5 heteroatoms. The lowest BCUT2D eigenvalue weighted by Crippen LogP contribution is -2.44. The summed E-state index contributed by atoms with van der Waals surface area (Å²) in [4.78, 5) is 17.8. The lowest BCUT2D eigenvalue weighted by Gasteiger charge is -2.26. The van der Waals surface area contributed by atoms with Crippen LogP contribution in [0.25, 0.3) is 0 Å². The summed E-state index contributed by atoms with van der Waals surface area (Å²) in [5.41, 5.74) is 3.52. The summed E-state index contributed by atoms with van der Waals surface area (Å²) in [6.07, 6.45) is 1.64. The van der Waals surface area contributed by atoms with E-state index in [4.69, 9.17) is 4.84 Å². The van der Waals surface area contributed by atoms with Crippen LogP contribution in [0.5, 0.6) is 0 Å². The van der Waals surface area contributed by atoms with Crippen molar-refractivity contribution in [3.05, 3.63) is 35.9 Å². The van der Waals surface area contributed by atoms with Gasteiger partial charge in [-0.2, -0.15) is 5.48 Å². The van der Waals surface area contributed by atoms with E-state index in [1.165, 1.54) is 0 Å². The Bertz CT molecular complexity index is 432. The van der Waals surface area contributed by atoms with E-state index in [2.05, 4.69) is 16.1 Å². The molecular weight excluding hydrogens is 242 g/mol. The fourth-order valence-corrected chi connectivity index (χ4v) is 2.65. The maximum atomic E-state index is 12.3. The number of nitrogens with one attached hydrogen (secondary N) is 3. The zero-order chi connectivity index (χ0) is 13.1. The highest BCUT2D eigenvalue weighted by atomic mass is 16.7. The summed E-state index contributed by atoms with van der Waals surface area (Å²) in [6, 6.07) is 9.29. The minimum atomic E-state index is -0.442. The molecule has 2 saturated heterocycles. The third kappa shape index (κ3) is 2.84. The van der Waals surface area contributed by atoms with Crippen LogP contribution in [0.3, 0.4) is 0 Å². The Morgan fingerprint density at radius 1 is 1.16 bits per heavy atom. The maximum Gasteiger partial charge on any atom is 0.196 e. The number of carbonyl (C=O) groups excluding carboxylic acids is 1. The van der Waals surface area contributed by atoms with Gasteiger partial charge in [-0.25, -0.2) is 0 Å². The largest absolute Gasteiger partial charge is 0.317 e. The van der Waals surface area contributed by atoms with Crippen LogP contribution in [-0.2, 0) is 4.84 Å². The van der Waals surface area contributed by atoms with Gasteiger partial charge in [-0.1, -0.05) is 30.3 Å². The number of carbonyl (C=O) groups is 1. The molecule has 0 saturated carbocycles. The number of hydrogen-bond acceptors (Lipinski definition) is 5. The predicted octanol–water partition coefficient (Wildman–Crippen LogP) is 0.645. The summed E-state index contributed by atoms with van der Waals surface area (Å²) in [5, 5.41) is 6.58. The van der Waals surface area contributed by atoms with Gasteiger partial charge in [0, 0.05) is 11.5 Å².